The fourth-order valence-corrected chi connectivity index (χ4v) is 3.53. The number of rotatable bonds is 4. The van der Waals surface area contributed by atoms with E-state index in [2.05, 4.69) is 11.5 Å². The highest BCUT2D eigenvalue weighted by molar-refractivity contribution is 7.10. The van der Waals surface area contributed by atoms with Crippen molar-refractivity contribution >= 4 is 11.3 Å². The molecule has 1 aliphatic rings. The first-order chi connectivity index (χ1) is 7.85. The number of nitrogens with two attached hydrogens (primary N) is 1. The van der Waals surface area contributed by atoms with Crippen LogP contribution in [0.4, 0.5) is 0 Å². The van der Waals surface area contributed by atoms with Gasteiger partial charge in [-0.1, -0.05) is 19.3 Å². The van der Waals surface area contributed by atoms with Crippen molar-refractivity contribution in [1.29, 1.82) is 0 Å². The van der Waals surface area contributed by atoms with Gasteiger partial charge in [-0.15, -0.1) is 11.3 Å². The maximum Gasteiger partial charge on any atom is 0.129 e. The molecule has 1 atom stereocenters. The summed E-state index contributed by atoms with van der Waals surface area (Å²) in [5, 5.41) is 2.04. The Bertz CT molecular complexity index is 321. The molecule has 2 rings (SSSR count). The Morgan fingerprint density at radius 1 is 1.44 bits per heavy atom. The average molecular weight is 240 g/mol. The van der Waals surface area contributed by atoms with E-state index < -0.39 is 0 Å². The summed E-state index contributed by atoms with van der Waals surface area (Å²) in [5.41, 5.74) is 2.98. The van der Waals surface area contributed by atoms with Crippen LogP contribution in [0.1, 0.15) is 43.0 Å². The number of methoxy groups -OCH3 is 1. The van der Waals surface area contributed by atoms with Crippen molar-refractivity contribution in [2.75, 3.05) is 7.11 Å². The predicted molar refractivity (Wildman–Crippen MR) is 67.5 cm³/mol. The molecule has 1 aliphatic carbocycles. The summed E-state index contributed by atoms with van der Waals surface area (Å²) in [6, 6.07) is 2.40. The molecule has 90 valence electrons. The van der Waals surface area contributed by atoms with Crippen LogP contribution in [0.25, 0.3) is 0 Å². The number of hydrogen-bond acceptors (Lipinski definition) is 4. The highest BCUT2D eigenvalue weighted by Gasteiger charge is 2.25. The van der Waals surface area contributed by atoms with Crippen LogP contribution in [0.2, 0.25) is 0 Å². The summed E-state index contributed by atoms with van der Waals surface area (Å²) >= 11 is 1.73. The van der Waals surface area contributed by atoms with Crippen molar-refractivity contribution in [3.05, 3.63) is 16.3 Å². The van der Waals surface area contributed by atoms with Gasteiger partial charge in [0.15, 0.2) is 0 Å². The normalized spacial score (nSPS) is 19.6. The second-order valence-electron chi connectivity index (χ2n) is 4.43. The van der Waals surface area contributed by atoms with Gasteiger partial charge in [-0.05, 0) is 24.8 Å². The van der Waals surface area contributed by atoms with E-state index >= 15 is 0 Å². The Kier molecular flexibility index (Phi) is 4.21. The molecule has 1 heterocycles. The summed E-state index contributed by atoms with van der Waals surface area (Å²) in [6.45, 7) is 0. The lowest BCUT2D eigenvalue weighted by Crippen LogP contribution is -2.33. The van der Waals surface area contributed by atoms with E-state index in [0.717, 1.165) is 5.75 Å². The average Bonchev–Trinajstić information content (AvgIpc) is 2.80. The van der Waals surface area contributed by atoms with Gasteiger partial charge in [-0.2, -0.15) is 0 Å². The van der Waals surface area contributed by atoms with E-state index in [1.165, 1.54) is 37.0 Å². The van der Waals surface area contributed by atoms with Gasteiger partial charge < -0.3 is 4.74 Å². The lowest BCUT2D eigenvalue weighted by atomic mass is 9.83. The minimum Gasteiger partial charge on any atom is -0.496 e. The summed E-state index contributed by atoms with van der Waals surface area (Å²) in [6.07, 6.45) is 6.63. The van der Waals surface area contributed by atoms with E-state index in [1.807, 2.05) is 5.38 Å². The lowest BCUT2D eigenvalue weighted by molar-refractivity contribution is 0.276. The zero-order chi connectivity index (χ0) is 11.4. The van der Waals surface area contributed by atoms with Gasteiger partial charge in [-0.3, -0.25) is 11.3 Å². The largest absolute Gasteiger partial charge is 0.496 e. The molecule has 0 bridgehead atoms. The molecule has 0 amide bonds. The van der Waals surface area contributed by atoms with Crippen LogP contribution in [0.15, 0.2) is 11.4 Å². The van der Waals surface area contributed by atoms with Gasteiger partial charge in [0.05, 0.1) is 13.2 Å². The first-order valence-electron chi connectivity index (χ1n) is 5.93. The van der Waals surface area contributed by atoms with Gasteiger partial charge in [0.1, 0.15) is 5.75 Å². The summed E-state index contributed by atoms with van der Waals surface area (Å²) in [7, 11) is 1.71. The van der Waals surface area contributed by atoms with Gasteiger partial charge in [-0.25, -0.2) is 0 Å². The molecule has 3 N–H and O–H groups in total. The number of nitrogens with one attached hydrogen (secondary N) is 1. The fraction of sp³-hybridized carbons (Fsp3) is 0.667. The van der Waals surface area contributed by atoms with Crippen molar-refractivity contribution < 1.29 is 4.74 Å². The van der Waals surface area contributed by atoms with Crippen LogP contribution in [-0.2, 0) is 0 Å². The zero-order valence-corrected chi connectivity index (χ0v) is 10.6. The van der Waals surface area contributed by atoms with Crippen LogP contribution in [-0.4, -0.2) is 7.11 Å². The van der Waals surface area contributed by atoms with Crippen molar-refractivity contribution in [3.8, 4) is 5.75 Å². The first-order valence-corrected chi connectivity index (χ1v) is 6.81. The van der Waals surface area contributed by atoms with Crippen molar-refractivity contribution in [1.82, 2.24) is 5.43 Å². The van der Waals surface area contributed by atoms with Gasteiger partial charge in [0, 0.05) is 10.3 Å². The van der Waals surface area contributed by atoms with Crippen molar-refractivity contribution in [3.63, 3.8) is 0 Å². The van der Waals surface area contributed by atoms with E-state index in [4.69, 9.17) is 10.6 Å². The van der Waals surface area contributed by atoms with Gasteiger partial charge in [0.25, 0.3) is 0 Å². The summed E-state index contributed by atoms with van der Waals surface area (Å²) in [4.78, 5) is 1.30. The Hall–Kier alpha value is -0.580. The van der Waals surface area contributed by atoms with E-state index in [-0.39, 0.29) is 0 Å². The highest BCUT2D eigenvalue weighted by Crippen LogP contribution is 2.37. The Labute approximate surface area is 101 Å². The smallest absolute Gasteiger partial charge is 0.129 e. The molecule has 1 aromatic heterocycles. The summed E-state index contributed by atoms with van der Waals surface area (Å²) in [5.74, 6) is 7.33. The molecule has 0 radical (unpaired) electrons. The van der Waals surface area contributed by atoms with Gasteiger partial charge >= 0.3 is 0 Å². The highest BCUT2D eigenvalue weighted by atomic mass is 32.1. The first kappa shape index (κ1) is 11.9. The molecular formula is C12H20N2OS. The molecule has 1 fully saturated rings. The number of ether oxygens (including phenoxy) is 1. The zero-order valence-electron chi connectivity index (χ0n) is 9.74. The molecule has 0 spiro atoms. The third kappa shape index (κ3) is 2.56. The molecule has 3 nitrogen and oxygen atoms in total. The molecule has 1 unspecified atom stereocenters. The van der Waals surface area contributed by atoms with Crippen LogP contribution < -0.4 is 16.0 Å². The monoisotopic (exact) mass is 240 g/mol. The maximum atomic E-state index is 5.70. The topological polar surface area (TPSA) is 47.3 Å². The quantitative estimate of drug-likeness (QED) is 0.628. The molecule has 16 heavy (non-hydrogen) atoms. The Morgan fingerprint density at radius 3 is 2.75 bits per heavy atom. The number of thiophene rings is 1. The Balaban J connectivity index is 2.08. The van der Waals surface area contributed by atoms with Gasteiger partial charge in [0.2, 0.25) is 0 Å². The minimum absolute atomic E-state index is 0.300. The molecule has 1 aromatic rings. The van der Waals surface area contributed by atoms with Crippen LogP contribution in [0, 0.1) is 5.92 Å². The molecule has 0 saturated heterocycles. The van der Waals surface area contributed by atoms with Crippen molar-refractivity contribution in [2.45, 2.75) is 38.1 Å². The standard InChI is InChI=1S/C12H20N2OS/c1-15-10-7-11(16-8-10)12(14-13)9-5-3-2-4-6-9/h7-9,12,14H,2-6,13H2,1H3. The Morgan fingerprint density at radius 2 is 2.19 bits per heavy atom. The third-order valence-corrected chi connectivity index (χ3v) is 4.43. The fourth-order valence-electron chi connectivity index (χ4n) is 2.52. The van der Waals surface area contributed by atoms with Crippen LogP contribution >= 0.6 is 11.3 Å². The van der Waals surface area contributed by atoms with E-state index in [1.54, 1.807) is 18.4 Å². The minimum atomic E-state index is 0.300. The van der Waals surface area contributed by atoms with Crippen LogP contribution in [0.5, 0.6) is 5.75 Å². The van der Waals surface area contributed by atoms with E-state index in [0.29, 0.717) is 12.0 Å². The molecule has 0 aromatic carbocycles. The molecule has 0 aliphatic heterocycles. The molecule has 1 saturated carbocycles. The molecule has 4 heteroatoms. The summed E-state index contributed by atoms with van der Waals surface area (Å²) < 4.78 is 5.22. The lowest BCUT2D eigenvalue weighted by Gasteiger charge is -2.28. The molecular weight excluding hydrogens is 220 g/mol. The van der Waals surface area contributed by atoms with Crippen LogP contribution in [0.3, 0.4) is 0 Å². The maximum absolute atomic E-state index is 5.70. The SMILES string of the molecule is COc1csc(C(NN)C2CCCCC2)c1. The second-order valence-corrected chi connectivity index (χ2v) is 5.37. The van der Waals surface area contributed by atoms with Crippen molar-refractivity contribution in [2.24, 2.45) is 11.8 Å². The predicted octanol–water partition coefficient (Wildman–Crippen LogP) is 2.84. The third-order valence-electron chi connectivity index (χ3n) is 3.44. The number of hydrogen-bond donors (Lipinski definition) is 2. The van der Waals surface area contributed by atoms with E-state index in [9.17, 15) is 0 Å². The number of hydrazine groups is 1. The second kappa shape index (κ2) is 5.66.